The molecule has 1 N–H and O–H groups in total. The molecule has 0 saturated heterocycles. The maximum atomic E-state index is 11.2. The maximum absolute atomic E-state index is 11.2. The number of Topliss-reactive ketones (excluding diaryl/α,β-unsaturated/α-hetero) is 1. The minimum Gasteiger partial charge on any atom is -0.393 e. The Morgan fingerprint density at radius 3 is 2.71 bits per heavy atom. The van der Waals surface area contributed by atoms with Crippen LogP contribution in [-0.4, -0.2) is 55.7 Å². The fourth-order valence-electron chi connectivity index (χ4n) is 1.86. The molecular weight excluding hydrogens is 182 g/mol. The Morgan fingerprint density at radius 2 is 2.21 bits per heavy atom. The monoisotopic (exact) mass is 201 g/mol. The summed E-state index contributed by atoms with van der Waals surface area (Å²) in [7, 11) is 3.46. The minimum atomic E-state index is -0.108. The summed E-state index contributed by atoms with van der Waals surface area (Å²) in [6.45, 7) is 1.53. The second-order valence-electron chi connectivity index (χ2n) is 4.16. The van der Waals surface area contributed by atoms with Crippen LogP contribution in [-0.2, 0) is 9.53 Å². The molecule has 0 atom stereocenters. The third-order valence-corrected chi connectivity index (χ3v) is 2.53. The Balaban J connectivity index is 2.09. The number of ketones is 1. The first-order valence-corrected chi connectivity index (χ1v) is 4.99. The Morgan fingerprint density at radius 1 is 1.57 bits per heavy atom. The first-order valence-electron chi connectivity index (χ1n) is 4.99. The van der Waals surface area contributed by atoms with E-state index < -0.39 is 0 Å². The second-order valence-corrected chi connectivity index (χ2v) is 4.16. The van der Waals surface area contributed by atoms with E-state index in [9.17, 15) is 4.79 Å². The molecule has 0 aromatic carbocycles. The smallest absolute Gasteiger partial charge is 0.172 e. The van der Waals surface area contributed by atoms with E-state index in [0.717, 1.165) is 19.4 Å². The van der Waals surface area contributed by atoms with E-state index in [1.165, 1.54) is 7.11 Å². The highest BCUT2D eigenvalue weighted by atomic mass is 16.5. The molecule has 0 aromatic heterocycles. The average Bonchev–Trinajstić information content (AvgIpc) is 2.01. The van der Waals surface area contributed by atoms with Gasteiger partial charge in [0.25, 0.3) is 0 Å². The lowest BCUT2D eigenvalue weighted by Crippen LogP contribution is -2.39. The number of methoxy groups -OCH3 is 1. The number of hydrogen-bond acceptors (Lipinski definition) is 4. The van der Waals surface area contributed by atoms with Crippen LogP contribution in [0.3, 0.4) is 0 Å². The maximum Gasteiger partial charge on any atom is 0.172 e. The normalized spacial score (nSPS) is 26.3. The average molecular weight is 201 g/mol. The highest BCUT2D eigenvalue weighted by Gasteiger charge is 2.28. The molecular formula is C10H19NO3. The Hall–Kier alpha value is -0.450. The van der Waals surface area contributed by atoms with Gasteiger partial charge in [0.2, 0.25) is 0 Å². The number of carbonyl (C=O) groups is 1. The first kappa shape index (κ1) is 11.6. The van der Waals surface area contributed by atoms with Crippen molar-refractivity contribution in [2.75, 3.05) is 33.9 Å². The van der Waals surface area contributed by atoms with Gasteiger partial charge in [-0.05, 0) is 25.8 Å². The molecule has 14 heavy (non-hydrogen) atoms. The second kappa shape index (κ2) is 5.44. The summed E-state index contributed by atoms with van der Waals surface area (Å²) < 4.78 is 4.75. The van der Waals surface area contributed by atoms with Crippen molar-refractivity contribution in [1.29, 1.82) is 0 Å². The van der Waals surface area contributed by atoms with Crippen LogP contribution in [0.2, 0.25) is 0 Å². The van der Waals surface area contributed by atoms with Crippen LogP contribution in [0.25, 0.3) is 0 Å². The van der Waals surface area contributed by atoms with Gasteiger partial charge in [-0.1, -0.05) is 0 Å². The number of likely N-dealkylation sites (N-methyl/N-ethyl adjacent to an activating group) is 1. The summed E-state index contributed by atoms with van der Waals surface area (Å²) in [5.41, 5.74) is 0. The highest BCUT2D eigenvalue weighted by molar-refractivity contribution is 5.81. The van der Waals surface area contributed by atoms with E-state index in [0.29, 0.717) is 12.5 Å². The quantitative estimate of drug-likeness (QED) is 0.652. The third kappa shape index (κ3) is 3.74. The van der Waals surface area contributed by atoms with Gasteiger partial charge in [0.15, 0.2) is 5.78 Å². The first-order chi connectivity index (χ1) is 6.61. The molecule has 0 aromatic rings. The lowest BCUT2D eigenvalue weighted by atomic mass is 9.82. The van der Waals surface area contributed by atoms with Gasteiger partial charge in [-0.2, -0.15) is 0 Å². The molecule has 0 unspecified atom stereocenters. The van der Waals surface area contributed by atoms with Gasteiger partial charge in [-0.3, -0.25) is 9.69 Å². The van der Waals surface area contributed by atoms with Gasteiger partial charge >= 0.3 is 0 Å². The molecule has 4 nitrogen and oxygen atoms in total. The van der Waals surface area contributed by atoms with Gasteiger partial charge in [-0.25, -0.2) is 0 Å². The van der Waals surface area contributed by atoms with Crippen LogP contribution in [0, 0.1) is 5.92 Å². The SMILES string of the molecule is COCC(=O)CN(C)CC1CC(O)C1. The largest absolute Gasteiger partial charge is 0.393 e. The van der Waals surface area contributed by atoms with Gasteiger partial charge in [0, 0.05) is 13.7 Å². The number of aliphatic hydroxyl groups excluding tert-OH is 1. The summed E-state index contributed by atoms with van der Waals surface area (Å²) >= 11 is 0. The molecule has 82 valence electrons. The molecule has 0 spiro atoms. The summed E-state index contributed by atoms with van der Waals surface area (Å²) in [5, 5.41) is 9.09. The van der Waals surface area contributed by atoms with Crippen LogP contribution in [0.15, 0.2) is 0 Å². The Bertz CT molecular complexity index is 190. The molecule has 0 aliphatic heterocycles. The Kier molecular flexibility index (Phi) is 4.51. The lowest BCUT2D eigenvalue weighted by Gasteiger charge is -2.34. The number of nitrogens with zero attached hydrogens (tertiary/aromatic N) is 1. The van der Waals surface area contributed by atoms with E-state index in [1.54, 1.807) is 0 Å². The molecule has 1 aliphatic rings. The van der Waals surface area contributed by atoms with E-state index >= 15 is 0 Å². The standard InChI is InChI=1S/C10H19NO3/c1-11(6-10(13)7-14-2)5-8-3-9(12)4-8/h8-9,12H,3-7H2,1-2H3. The van der Waals surface area contributed by atoms with Crippen LogP contribution in [0.5, 0.6) is 0 Å². The third-order valence-electron chi connectivity index (χ3n) is 2.53. The number of rotatable bonds is 6. The zero-order chi connectivity index (χ0) is 10.6. The van der Waals surface area contributed by atoms with Gasteiger partial charge in [0.05, 0.1) is 12.6 Å². The van der Waals surface area contributed by atoms with Crippen LogP contribution in [0.1, 0.15) is 12.8 Å². The molecule has 1 fully saturated rings. The fourth-order valence-corrected chi connectivity index (χ4v) is 1.86. The van der Waals surface area contributed by atoms with E-state index in [4.69, 9.17) is 9.84 Å². The molecule has 0 heterocycles. The number of aliphatic hydroxyl groups is 1. The fraction of sp³-hybridized carbons (Fsp3) is 0.900. The van der Waals surface area contributed by atoms with Crippen molar-refractivity contribution in [3.05, 3.63) is 0 Å². The highest BCUT2D eigenvalue weighted by Crippen LogP contribution is 2.27. The molecule has 1 aliphatic carbocycles. The van der Waals surface area contributed by atoms with Gasteiger partial charge < -0.3 is 9.84 Å². The van der Waals surface area contributed by atoms with Gasteiger partial charge in [0.1, 0.15) is 6.61 Å². The molecule has 0 bridgehead atoms. The van der Waals surface area contributed by atoms with E-state index in [2.05, 4.69) is 0 Å². The zero-order valence-electron chi connectivity index (χ0n) is 8.90. The molecule has 0 radical (unpaired) electrons. The summed E-state index contributed by atoms with van der Waals surface area (Å²) in [4.78, 5) is 13.2. The number of carbonyl (C=O) groups excluding carboxylic acids is 1. The predicted molar refractivity (Wildman–Crippen MR) is 53.1 cm³/mol. The van der Waals surface area contributed by atoms with E-state index in [1.807, 2.05) is 11.9 Å². The lowest BCUT2D eigenvalue weighted by molar-refractivity contribution is -0.123. The number of hydrogen-bond donors (Lipinski definition) is 1. The van der Waals surface area contributed by atoms with Crippen molar-refractivity contribution >= 4 is 5.78 Å². The van der Waals surface area contributed by atoms with Crippen molar-refractivity contribution in [2.45, 2.75) is 18.9 Å². The topological polar surface area (TPSA) is 49.8 Å². The molecule has 4 heteroatoms. The minimum absolute atomic E-state index is 0.106. The van der Waals surface area contributed by atoms with Crippen molar-refractivity contribution in [2.24, 2.45) is 5.92 Å². The van der Waals surface area contributed by atoms with Crippen molar-refractivity contribution in [3.63, 3.8) is 0 Å². The summed E-state index contributed by atoms with van der Waals surface area (Å²) in [6, 6.07) is 0. The number of ether oxygens (including phenoxy) is 1. The molecule has 0 amide bonds. The van der Waals surface area contributed by atoms with E-state index in [-0.39, 0.29) is 18.5 Å². The predicted octanol–water partition coefficient (Wildman–Crippen LogP) is -0.0954. The summed E-state index contributed by atoms with van der Waals surface area (Å²) in [5.74, 6) is 0.667. The van der Waals surface area contributed by atoms with Gasteiger partial charge in [-0.15, -0.1) is 0 Å². The zero-order valence-corrected chi connectivity index (χ0v) is 8.90. The van der Waals surface area contributed by atoms with Crippen molar-refractivity contribution in [3.8, 4) is 0 Å². The van der Waals surface area contributed by atoms with Crippen LogP contribution >= 0.6 is 0 Å². The Labute approximate surface area is 84.8 Å². The van der Waals surface area contributed by atoms with Crippen LogP contribution in [0.4, 0.5) is 0 Å². The summed E-state index contributed by atoms with van der Waals surface area (Å²) in [6.07, 6.45) is 1.65. The van der Waals surface area contributed by atoms with Crippen molar-refractivity contribution in [1.82, 2.24) is 4.90 Å². The van der Waals surface area contributed by atoms with Crippen molar-refractivity contribution < 1.29 is 14.6 Å². The van der Waals surface area contributed by atoms with Crippen LogP contribution < -0.4 is 0 Å². The molecule has 1 rings (SSSR count). The molecule has 1 saturated carbocycles.